The van der Waals surface area contributed by atoms with Gasteiger partial charge in [0.2, 0.25) is 0 Å². The minimum absolute atomic E-state index is 0.293. The monoisotopic (exact) mass is 217 g/mol. The van der Waals surface area contributed by atoms with Crippen molar-refractivity contribution in [3.8, 4) is 0 Å². The van der Waals surface area contributed by atoms with Crippen LogP contribution in [-0.2, 0) is 0 Å². The van der Waals surface area contributed by atoms with Crippen molar-refractivity contribution in [3.05, 3.63) is 35.4 Å². The van der Waals surface area contributed by atoms with Gasteiger partial charge in [-0.15, -0.1) is 0 Å². The Kier molecular flexibility index (Phi) is 3.65. The highest BCUT2D eigenvalue weighted by molar-refractivity contribution is 5.28. The zero-order valence-corrected chi connectivity index (χ0v) is 10.4. The molecule has 1 fully saturated rings. The molecule has 1 aliphatic carbocycles. The first-order valence-corrected chi connectivity index (χ1v) is 6.52. The Labute approximate surface area is 99.0 Å². The van der Waals surface area contributed by atoms with E-state index in [2.05, 4.69) is 38.1 Å². The van der Waals surface area contributed by atoms with E-state index in [9.17, 15) is 0 Å². The summed E-state index contributed by atoms with van der Waals surface area (Å²) in [6.45, 7) is 4.35. The van der Waals surface area contributed by atoms with E-state index < -0.39 is 0 Å². The van der Waals surface area contributed by atoms with Gasteiger partial charge in [0.05, 0.1) is 0 Å². The van der Waals surface area contributed by atoms with Crippen molar-refractivity contribution in [1.29, 1.82) is 0 Å². The summed E-state index contributed by atoms with van der Waals surface area (Å²) in [7, 11) is 0. The second-order valence-electron chi connectivity index (χ2n) is 5.41. The first-order valence-electron chi connectivity index (χ1n) is 6.52. The van der Waals surface area contributed by atoms with Gasteiger partial charge in [0, 0.05) is 6.04 Å². The van der Waals surface area contributed by atoms with Crippen molar-refractivity contribution >= 4 is 0 Å². The molecule has 0 aromatic heterocycles. The molecule has 0 heterocycles. The molecule has 1 nitrogen and oxygen atoms in total. The van der Waals surface area contributed by atoms with E-state index in [0.29, 0.717) is 12.0 Å². The molecule has 2 atom stereocenters. The maximum Gasteiger partial charge on any atom is 0.00162 e. The summed E-state index contributed by atoms with van der Waals surface area (Å²) >= 11 is 0. The molecule has 1 aromatic carbocycles. The molecular weight excluding hydrogens is 194 g/mol. The van der Waals surface area contributed by atoms with Gasteiger partial charge in [0.15, 0.2) is 0 Å². The van der Waals surface area contributed by atoms with Crippen LogP contribution in [0, 0.1) is 0 Å². The van der Waals surface area contributed by atoms with E-state index >= 15 is 0 Å². The Bertz CT molecular complexity index is 322. The normalized spacial score (nSPS) is 20.2. The van der Waals surface area contributed by atoms with E-state index in [1.807, 2.05) is 0 Å². The van der Waals surface area contributed by atoms with Crippen LogP contribution in [-0.4, -0.2) is 6.04 Å². The standard InChI is InChI=1S/C15H23N/c1-11(10-12(2)16)13-6-8-15(9-7-13)14-4-3-5-14/h6-9,11-12,14H,3-5,10,16H2,1-2H3. The lowest BCUT2D eigenvalue weighted by Gasteiger charge is -2.26. The summed E-state index contributed by atoms with van der Waals surface area (Å²) in [6.07, 6.45) is 5.25. The molecule has 2 N–H and O–H groups in total. The summed E-state index contributed by atoms with van der Waals surface area (Å²) in [6, 6.07) is 9.51. The number of nitrogens with two attached hydrogens (primary N) is 1. The third-order valence-corrected chi connectivity index (χ3v) is 3.81. The first kappa shape index (κ1) is 11.7. The van der Waals surface area contributed by atoms with Crippen molar-refractivity contribution in [2.75, 3.05) is 0 Å². The molecular formula is C15H23N. The molecule has 1 heteroatoms. The Hall–Kier alpha value is -0.820. The Balaban J connectivity index is 2.00. The van der Waals surface area contributed by atoms with Crippen molar-refractivity contribution in [3.63, 3.8) is 0 Å². The summed E-state index contributed by atoms with van der Waals surface area (Å²) in [5, 5.41) is 0. The van der Waals surface area contributed by atoms with Gasteiger partial charge in [0.1, 0.15) is 0 Å². The van der Waals surface area contributed by atoms with Gasteiger partial charge in [-0.25, -0.2) is 0 Å². The summed E-state index contributed by atoms with van der Waals surface area (Å²) in [5.41, 5.74) is 8.80. The largest absolute Gasteiger partial charge is 0.328 e. The van der Waals surface area contributed by atoms with Crippen molar-refractivity contribution in [1.82, 2.24) is 0 Å². The lowest BCUT2D eigenvalue weighted by molar-refractivity contribution is 0.419. The number of rotatable bonds is 4. The number of hydrogen-bond acceptors (Lipinski definition) is 1. The highest BCUT2D eigenvalue weighted by atomic mass is 14.6. The average molecular weight is 217 g/mol. The molecule has 1 aromatic rings. The molecule has 2 unspecified atom stereocenters. The number of benzene rings is 1. The summed E-state index contributed by atoms with van der Waals surface area (Å²) in [5.74, 6) is 1.42. The van der Waals surface area contributed by atoms with Gasteiger partial charge >= 0.3 is 0 Å². The highest BCUT2D eigenvalue weighted by Crippen LogP contribution is 2.36. The topological polar surface area (TPSA) is 26.0 Å². The van der Waals surface area contributed by atoms with Crippen LogP contribution in [0.1, 0.15) is 62.5 Å². The van der Waals surface area contributed by atoms with Crippen LogP contribution in [0.4, 0.5) is 0 Å². The fourth-order valence-corrected chi connectivity index (χ4v) is 2.53. The fourth-order valence-electron chi connectivity index (χ4n) is 2.53. The Morgan fingerprint density at radius 1 is 1.19 bits per heavy atom. The van der Waals surface area contributed by atoms with Gasteiger partial charge in [0.25, 0.3) is 0 Å². The van der Waals surface area contributed by atoms with E-state index in [1.165, 1.54) is 30.4 Å². The second-order valence-corrected chi connectivity index (χ2v) is 5.41. The quantitative estimate of drug-likeness (QED) is 0.815. The molecule has 1 saturated carbocycles. The third kappa shape index (κ3) is 2.65. The van der Waals surface area contributed by atoms with Crippen LogP contribution in [0.25, 0.3) is 0 Å². The molecule has 1 aliphatic rings. The summed E-state index contributed by atoms with van der Waals surface area (Å²) in [4.78, 5) is 0. The smallest absolute Gasteiger partial charge is 0.00162 e. The second kappa shape index (κ2) is 5.01. The van der Waals surface area contributed by atoms with Crippen LogP contribution in [0.2, 0.25) is 0 Å². The SMILES string of the molecule is CC(N)CC(C)c1ccc(C2CCC2)cc1. The zero-order valence-electron chi connectivity index (χ0n) is 10.4. The molecule has 2 rings (SSSR count). The molecule has 0 radical (unpaired) electrons. The lowest BCUT2D eigenvalue weighted by atomic mass is 9.79. The first-order chi connectivity index (χ1) is 7.66. The maximum atomic E-state index is 5.84. The van der Waals surface area contributed by atoms with E-state index in [4.69, 9.17) is 5.73 Å². The zero-order chi connectivity index (χ0) is 11.5. The van der Waals surface area contributed by atoms with Gasteiger partial charge in [-0.05, 0) is 49.1 Å². The molecule has 16 heavy (non-hydrogen) atoms. The molecule has 0 saturated heterocycles. The Morgan fingerprint density at radius 3 is 2.25 bits per heavy atom. The van der Waals surface area contributed by atoms with Gasteiger partial charge in [-0.2, -0.15) is 0 Å². The van der Waals surface area contributed by atoms with Crippen LogP contribution >= 0.6 is 0 Å². The van der Waals surface area contributed by atoms with Crippen molar-refractivity contribution < 1.29 is 0 Å². The molecule has 0 amide bonds. The van der Waals surface area contributed by atoms with Gasteiger partial charge < -0.3 is 5.73 Å². The van der Waals surface area contributed by atoms with Crippen LogP contribution < -0.4 is 5.73 Å². The van der Waals surface area contributed by atoms with Gasteiger partial charge in [-0.1, -0.05) is 37.6 Å². The highest BCUT2D eigenvalue weighted by Gasteiger charge is 2.19. The van der Waals surface area contributed by atoms with Gasteiger partial charge in [-0.3, -0.25) is 0 Å². The van der Waals surface area contributed by atoms with Crippen LogP contribution in [0.3, 0.4) is 0 Å². The van der Waals surface area contributed by atoms with E-state index in [-0.39, 0.29) is 0 Å². The average Bonchev–Trinajstić information content (AvgIpc) is 2.15. The fraction of sp³-hybridized carbons (Fsp3) is 0.600. The maximum absolute atomic E-state index is 5.84. The van der Waals surface area contributed by atoms with E-state index in [1.54, 1.807) is 0 Å². The molecule has 0 bridgehead atoms. The molecule has 0 spiro atoms. The molecule has 0 aliphatic heterocycles. The predicted octanol–water partition coefficient (Wildman–Crippen LogP) is 3.79. The minimum atomic E-state index is 0.293. The summed E-state index contributed by atoms with van der Waals surface area (Å²) < 4.78 is 0. The third-order valence-electron chi connectivity index (χ3n) is 3.81. The molecule has 88 valence electrons. The minimum Gasteiger partial charge on any atom is -0.328 e. The van der Waals surface area contributed by atoms with Crippen molar-refractivity contribution in [2.24, 2.45) is 5.73 Å². The predicted molar refractivity (Wildman–Crippen MR) is 69.7 cm³/mol. The van der Waals surface area contributed by atoms with Crippen molar-refractivity contribution in [2.45, 2.75) is 57.4 Å². The lowest BCUT2D eigenvalue weighted by Crippen LogP contribution is -2.17. The Morgan fingerprint density at radius 2 is 1.81 bits per heavy atom. The van der Waals surface area contributed by atoms with Crippen LogP contribution in [0.5, 0.6) is 0 Å². The van der Waals surface area contributed by atoms with Crippen LogP contribution in [0.15, 0.2) is 24.3 Å². The number of hydrogen-bond donors (Lipinski definition) is 1. The van der Waals surface area contributed by atoms with E-state index in [0.717, 1.165) is 12.3 Å².